The SMILES string of the molecule is CC(C)CCCNC(=O)COCCC(C)C. The van der Waals surface area contributed by atoms with Gasteiger partial charge in [-0.15, -0.1) is 0 Å². The molecule has 1 N–H and O–H groups in total. The van der Waals surface area contributed by atoms with E-state index in [0.717, 1.165) is 25.8 Å². The van der Waals surface area contributed by atoms with Crippen LogP contribution in [0.2, 0.25) is 0 Å². The summed E-state index contributed by atoms with van der Waals surface area (Å²) in [7, 11) is 0. The summed E-state index contributed by atoms with van der Waals surface area (Å²) in [5.74, 6) is 1.35. The van der Waals surface area contributed by atoms with Gasteiger partial charge in [-0.2, -0.15) is 0 Å². The Morgan fingerprint density at radius 3 is 2.31 bits per heavy atom. The van der Waals surface area contributed by atoms with Crippen molar-refractivity contribution in [3.63, 3.8) is 0 Å². The Kier molecular flexibility index (Phi) is 9.30. The Hall–Kier alpha value is -0.570. The van der Waals surface area contributed by atoms with E-state index in [1.807, 2.05) is 0 Å². The Labute approximate surface area is 99.9 Å². The molecule has 0 saturated heterocycles. The van der Waals surface area contributed by atoms with E-state index in [2.05, 4.69) is 33.0 Å². The normalized spacial score (nSPS) is 11.1. The zero-order chi connectivity index (χ0) is 12.4. The van der Waals surface area contributed by atoms with Gasteiger partial charge in [-0.05, 0) is 31.1 Å². The maximum absolute atomic E-state index is 11.3. The molecule has 0 aromatic carbocycles. The quantitative estimate of drug-likeness (QED) is 0.617. The van der Waals surface area contributed by atoms with Gasteiger partial charge in [0.05, 0.1) is 0 Å². The third kappa shape index (κ3) is 11.5. The molecule has 0 rings (SSSR count). The number of ether oxygens (including phenoxy) is 1. The molecule has 0 unspecified atom stereocenters. The molecular formula is C13H27NO2. The maximum Gasteiger partial charge on any atom is 0.245 e. The van der Waals surface area contributed by atoms with Crippen molar-refractivity contribution in [2.75, 3.05) is 19.8 Å². The number of nitrogens with one attached hydrogen (secondary N) is 1. The molecule has 0 saturated carbocycles. The minimum atomic E-state index is 0.00696. The number of hydrogen-bond acceptors (Lipinski definition) is 2. The molecule has 0 spiro atoms. The van der Waals surface area contributed by atoms with Crippen molar-refractivity contribution in [2.24, 2.45) is 11.8 Å². The number of carbonyl (C=O) groups is 1. The Morgan fingerprint density at radius 1 is 1.12 bits per heavy atom. The van der Waals surface area contributed by atoms with Crippen LogP contribution in [0.3, 0.4) is 0 Å². The molecule has 0 bridgehead atoms. The van der Waals surface area contributed by atoms with E-state index in [1.54, 1.807) is 0 Å². The second-order valence-corrected chi connectivity index (χ2v) is 5.12. The summed E-state index contributed by atoms with van der Waals surface area (Å²) in [5, 5.41) is 2.86. The monoisotopic (exact) mass is 229 g/mol. The number of carbonyl (C=O) groups excluding carboxylic acids is 1. The molecule has 0 radical (unpaired) electrons. The van der Waals surface area contributed by atoms with Gasteiger partial charge in [0.25, 0.3) is 0 Å². The van der Waals surface area contributed by atoms with Crippen molar-refractivity contribution in [1.29, 1.82) is 0 Å². The van der Waals surface area contributed by atoms with Gasteiger partial charge in [0, 0.05) is 13.2 Å². The molecule has 0 aromatic heterocycles. The first-order chi connectivity index (χ1) is 7.52. The standard InChI is InChI=1S/C13H27NO2/c1-11(2)6-5-8-14-13(15)10-16-9-7-12(3)4/h11-12H,5-10H2,1-4H3,(H,14,15). The van der Waals surface area contributed by atoms with Crippen LogP contribution in [0.25, 0.3) is 0 Å². The Balaban J connectivity index is 3.25. The first-order valence-corrected chi connectivity index (χ1v) is 6.36. The molecule has 0 aliphatic rings. The summed E-state index contributed by atoms with van der Waals surface area (Å²) < 4.78 is 5.27. The molecular weight excluding hydrogens is 202 g/mol. The highest BCUT2D eigenvalue weighted by molar-refractivity contribution is 5.77. The van der Waals surface area contributed by atoms with Gasteiger partial charge >= 0.3 is 0 Å². The highest BCUT2D eigenvalue weighted by Gasteiger charge is 2.01. The zero-order valence-corrected chi connectivity index (χ0v) is 11.2. The van der Waals surface area contributed by atoms with Crippen molar-refractivity contribution >= 4 is 5.91 Å². The highest BCUT2D eigenvalue weighted by atomic mass is 16.5. The number of rotatable bonds is 9. The van der Waals surface area contributed by atoms with Crippen LogP contribution in [0.15, 0.2) is 0 Å². The lowest BCUT2D eigenvalue weighted by molar-refractivity contribution is -0.125. The van der Waals surface area contributed by atoms with Crippen LogP contribution in [0.5, 0.6) is 0 Å². The fourth-order valence-electron chi connectivity index (χ4n) is 1.27. The predicted octanol–water partition coefficient (Wildman–Crippen LogP) is 2.60. The fourth-order valence-corrected chi connectivity index (χ4v) is 1.27. The fraction of sp³-hybridized carbons (Fsp3) is 0.923. The van der Waals surface area contributed by atoms with Gasteiger partial charge in [-0.25, -0.2) is 0 Å². The minimum absolute atomic E-state index is 0.00696. The van der Waals surface area contributed by atoms with Gasteiger partial charge in [-0.3, -0.25) is 4.79 Å². The average Bonchev–Trinajstić information content (AvgIpc) is 2.19. The molecule has 0 aliphatic carbocycles. The Bertz CT molecular complexity index is 161. The molecule has 16 heavy (non-hydrogen) atoms. The third-order valence-electron chi connectivity index (χ3n) is 2.35. The van der Waals surface area contributed by atoms with Crippen LogP contribution in [0, 0.1) is 11.8 Å². The first kappa shape index (κ1) is 15.4. The molecule has 3 heteroatoms. The molecule has 0 fully saturated rings. The van der Waals surface area contributed by atoms with Gasteiger partial charge in [0.2, 0.25) is 5.91 Å². The lowest BCUT2D eigenvalue weighted by Crippen LogP contribution is -2.28. The van der Waals surface area contributed by atoms with Gasteiger partial charge < -0.3 is 10.1 Å². The van der Waals surface area contributed by atoms with Crippen LogP contribution in [-0.2, 0) is 9.53 Å². The van der Waals surface area contributed by atoms with Crippen LogP contribution >= 0.6 is 0 Å². The van der Waals surface area contributed by atoms with Crippen molar-refractivity contribution in [1.82, 2.24) is 5.32 Å². The van der Waals surface area contributed by atoms with Crippen molar-refractivity contribution in [3.8, 4) is 0 Å². The molecule has 0 aliphatic heterocycles. The zero-order valence-electron chi connectivity index (χ0n) is 11.2. The largest absolute Gasteiger partial charge is 0.372 e. The maximum atomic E-state index is 11.3. The van der Waals surface area contributed by atoms with Crippen LogP contribution in [-0.4, -0.2) is 25.7 Å². The highest BCUT2D eigenvalue weighted by Crippen LogP contribution is 2.01. The smallest absolute Gasteiger partial charge is 0.245 e. The van der Waals surface area contributed by atoms with Gasteiger partial charge in [0.1, 0.15) is 6.61 Å². The Morgan fingerprint density at radius 2 is 1.75 bits per heavy atom. The van der Waals surface area contributed by atoms with Gasteiger partial charge in [0.15, 0.2) is 0 Å². The second kappa shape index (κ2) is 9.64. The van der Waals surface area contributed by atoms with Crippen LogP contribution < -0.4 is 5.32 Å². The van der Waals surface area contributed by atoms with E-state index in [9.17, 15) is 4.79 Å². The lowest BCUT2D eigenvalue weighted by Gasteiger charge is -2.08. The van der Waals surface area contributed by atoms with Crippen molar-refractivity contribution in [3.05, 3.63) is 0 Å². The third-order valence-corrected chi connectivity index (χ3v) is 2.35. The van der Waals surface area contributed by atoms with Crippen LogP contribution in [0.1, 0.15) is 47.0 Å². The van der Waals surface area contributed by atoms with Crippen molar-refractivity contribution in [2.45, 2.75) is 47.0 Å². The predicted molar refractivity (Wildman–Crippen MR) is 67.4 cm³/mol. The summed E-state index contributed by atoms with van der Waals surface area (Å²) >= 11 is 0. The molecule has 96 valence electrons. The summed E-state index contributed by atoms with van der Waals surface area (Å²) in [6.45, 7) is 10.3. The minimum Gasteiger partial charge on any atom is -0.372 e. The number of amides is 1. The van der Waals surface area contributed by atoms with E-state index in [1.165, 1.54) is 0 Å². The average molecular weight is 229 g/mol. The van der Waals surface area contributed by atoms with Crippen LogP contribution in [0.4, 0.5) is 0 Å². The summed E-state index contributed by atoms with van der Waals surface area (Å²) in [6, 6.07) is 0. The molecule has 1 amide bonds. The van der Waals surface area contributed by atoms with E-state index in [-0.39, 0.29) is 12.5 Å². The lowest BCUT2D eigenvalue weighted by atomic mass is 10.1. The molecule has 0 atom stereocenters. The summed E-state index contributed by atoms with van der Waals surface area (Å²) in [6.07, 6.45) is 3.23. The number of hydrogen-bond donors (Lipinski definition) is 1. The van der Waals surface area contributed by atoms with E-state index < -0.39 is 0 Å². The van der Waals surface area contributed by atoms with E-state index in [0.29, 0.717) is 18.4 Å². The molecule has 3 nitrogen and oxygen atoms in total. The van der Waals surface area contributed by atoms with E-state index >= 15 is 0 Å². The van der Waals surface area contributed by atoms with Gasteiger partial charge in [-0.1, -0.05) is 27.7 Å². The molecule has 0 heterocycles. The first-order valence-electron chi connectivity index (χ1n) is 6.36. The second-order valence-electron chi connectivity index (χ2n) is 5.12. The van der Waals surface area contributed by atoms with E-state index in [4.69, 9.17) is 4.74 Å². The summed E-state index contributed by atoms with van der Waals surface area (Å²) in [4.78, 5) is 11.3. The summed E-state index contributed by atoms with van der Waals surface area (Å²) in [5.41, 5.74) is 0. The topological polar surface area (TPSA) is 38.3 Å². The van der Waals surface area contributed by atoms with Crippen molar-refractivity contribution < 1.29 is 9.53 Å². The molecule has 0 aromatic rings.